The van der Waals surface area contributed by atoms with Crippen molar-refractivity contribution in [2.45, 2.75) is 58.7 Å². The summed E-state index contributed by atoms with van der Waals surface area (Å²) in [5, 5.41) is 13.7. The van der Waals surface area contributed by atoms with Gasteiger partial charge in [-0.15, -0.1) is 4.68 Å². The fourth-order valence-corrected chi connectivity index (χ4v) is 1.46. The summed E-state index contributed by atoms with van der Waals surface area (Å²) >= 11 is 0. The van der Waals surface area contributed by atoms with E-state index in [2.05, 4.69) is 16.6 Å². The third-order valence-corrected chi connectivity index (χ3v) is 2.52. The first-order valence-electron chi connectivity index (χ1n) is 5.85. The first-order valence-corrected chi connectivity index (χ1v) is 5.85. The maximum atomic E-state index is 9.46. The van der Waals surface area contributed by atoms with Crippen LogP contribution in [0.3, 0.4) is 0 Å². The van der Waals surface area contributed by atoms with Gasteiger partial charge in [-0.2, -0.15) is 0 Å². The summed E-state index contributed by atoms with van der Waals surface area (Å²) in [5.74, 6) is 0. The lowest BCUT2D eigenvalue weighted by molar-refractivity contribution is -0.698. The van der Waals surface area contributed by atoms with E-state index in [1.807, 2.05) is 19.6 Å². The highest BCUT2D eigenvalue weighted by molar-refractivity contribution is 4.54. The molecule has 0 aliphatic heterocycles. The Morgan fingerprint density at radius 2 is 2.20 bits per heavy atom. The second-order valence-corrected chi connectivity index (χ2v) is 3.98. The maximum Gasteiger partial charge on any atom is 0.265 e. The van der Waals surface area contributed by atoms with Crippen LogP contribution in [0.4, 0.5) is 0 Å². The quantitative estimate of drug-likeness (QED) is 0.544. The molecule has 15 heavy (non-hydrogen) atoms. The van der Waals surface area contributed by atoms with Gasteiger partial charge in [0.2, 0.25) is 6.33 Å². The third-order valence-electron chi connectivity index (χ3n) is 2.52. The summed E-state index contributed by atoms with van der Waals surface area (Å²) in [5.41, 5.74) is 0. The van der Waals surface area contributed by atoms with E-state index in [0.717, 1.165) is 13.0 Å². The maximum absolute atomic E-state index is 9.46. The first-order chi connectivity index (χ1) is 7.26. The molecular formula is C11H22N3O+. The Balaban J connectivity index is 2.35. The normalized spacial score (nSPS) is 13.0. The lowest BCUT2D eigenvalue weighted by Gasteiger charge is -2.01. The van der Waals surface area contributed by atoms with Gasteiger partial charge >= 0.3 is 0 Å². The van der Waals surface area contributed by atoms with Gasteiger partial charge in [0, 0.05) is 5.10 Å². The molecule has 0 amide bonds. The van der Waals surface area contributed by atoms with Crippen molar-refractivity contribution >= 4 is 0 Å². The molecule has 0 saturated heterocycles. The molecule has 1 heterocycles. The molecule has 0 radical (unpaired) electrons. The molecule has 0 bridgehead atoms. The molecule has 1 aromatic heterocycles. The Morgan fingerprint density at radius 1 is 1.40 bits per heavy atom. The molecule has 4 nitrogen and oxygen atoms in total. The minimum Gasteiger partial charge on any atom is -0.390 e. The number of hydrogen-bond donors (Lipinski definition) is 1. The fraction of sp³-hybridized carbons (Fsp3) is 0.818. The van der Waals surface area contributed by atoms with Crippen LogP contribution >= 0.6 is 0 Å². The molecule has 0 saturated carbocycles. The lowest BCUT2D eigenvalue weighted by Crippen LogP contribution is -2.31. The summed E-state index contributed by atoms with van der Waals surface area (Å²) in [6.45, 7) is 5.79. The molecule has 0 spiro atoms. The van der Waals surface area contributed by atoms with Crippen molar-refractivity contribution in [1.82, 2.24) is 9.78 Å². The van der Waals surface area contributed by atoms with Crippen molar-refractivity contribution in [2.24, 2.45) is 0 Å². The molecule has 0 aromatic carbocycles. The van der Waals surface area contributed by atoms with Crippen molar-refractivity contribution in [2.75, 3.05) is 0 Å². The number of aliphatic hydroxyl groups excluding tert-OH is 1. The van der Waals surface area contributed by atoms with Crippen LogP contribution < -0.4 is 4.57 Å². The second-order valence-electron chi connectivity index (χ2n) is 3.98. The number of aryl methyl sites for hydroxylation is 1. The number of aromatic nitrogens is 3. The Kier molecular flexibility index (Phi) is 5.32. The van der Waals surface area contributed by atoms with Gasteiger partial charge in [0.25, 0.3) is 6.33 Å². The van der Waals surface area contributed by atoms with E-state index in [9.17, 15) is 5.11 Å². The van der Waals surface area contributed by atoms with Crippen LogP contribution in [0.25, 0.3) is 0 Å². The Bertz CT molecular complexity index is 273. The van der Waals surface area contributed by atoms with E-state index in [0.29, 0.717) is 6.54 Å². The summed E-state index contributed by atoms with van der Waals surface area (Å²) < 4.78 is 3.89. The summed E-state index contributed by atoms with van der Waals surface area (Å²) in [7, 11) is 0. The standard InChI is InChI=1S/C11H22N3O/c1-3-5-6-7-13-9-12-14(10-13)8-11(15)4-2/h9-11,15H,3-8H2,1-2H3/q+1/t11-/m0/s1. The molecule has 0 aliphatic rings. The van der Waals surface area contributed by atoms with Gasteiger partial charge < -0.3 is 5.11 Å². The van der Waals surface area contributed by atoms with Gasteiger partial charge in [-0.25, -0.2) is 4.57 Å². The Hall–Kier alpha value is -0.900. The van der Waals surface area contributed by atoms with Crippen molar-refractivity contribution in [3.05, 3.63) is 12.7 Å². The number of aliphatic hydroxyl groups is 1. The summed E-state index contributed by atoms with van der Waals surface area (Å²) in [6.07, 6.45) is 7.98. The largest absolute Gasteiger partial charge is 0.390 e. The van der Waals surface area contributed by atoms with Crippen molar-refractivity contribution in [3.8, 4) is 0 Å². The molecule has 86 valence electrons. The molecule has 1 rings (SSSR count). The van der Waals surface area contributed by atoms with Crippen molar-refractivity contribution in [3.63, 3.8) is 0 Å². The number of hydrogen-bond acceptors (Lipinski definition) is 2. The van der Waals surface area contributed by atoms with Gasteiger partial charge in [-0.3, -0.25) is 0 Å². The van der Waals surface area contributed by atoms with Crippen LogP contribution in [-0.4, -0.2) is 21.0 Å². The smallest absolute Gasteiger partial charge is 0.265 e. The molecule has 1 atom stereocenters. The lowest BCUT2D eigenvalue weighted by atomic mass is 10.2. The summed E-state index contributed by atoms with van der Waals surface area (Å²) in [6, 6.07) is 0. The predicted molar refractivity (Wildman–Crippen MR) is 58.2 cm³/mol. The van der Waals surface area contributed by atoms with E-state index >= 15 is 0 Å². The topological polar surface area (TPSA) is 41.9 Å². The molecule has 1 aromatic rings. The molecular weight excluding hydrogens is 190 g/mol. The fourth-order valence-electron chi connectivity index (χ4n) is 1.46. The highest BCUT2D eigenvalue weighted by Crippen LogP contribution is 1.95. The van der Waals surface area contributed by atoms with Crippen molar-refractivity contribution < 1.29 is 9.67 Å². The Labute approximate surface area is 91.5 Å². The van der Waals surface area contributed by atoms with Crippen LogP contribution in [0.5, 0.6) is 0 Å². The van der Waals surface area contributed by atoms with Crippen LogP contribution in [0.2, 0.25) is 0 Å². The zero-order chi connectivity index (χ0) is 11.1. The zero-order valence-electron chi connectivity index (χ0n) is 9.76. The van der Waals surface area contributed by atoms with Gasteiger partial charge in [-0.05, 0) is 12.8 Å². The SMILES string of the molecule is CCCCC[n+]1cnn(C[C@@H](O)CC)c1. The van der Waals surface area contributed by atoms with Crippen LogP contribution in [0.15, 0.2) is 12.7 Å². The van der Waals surface area contributed by atoms with Gasteiger partial charge in [0.15, 0.2) is 0 Å². The van der Waals surface area contributed by atoms with Crippen LogP contribution in [-0.2, 0) is 13.1 Å². The van der Waals surface area contributed by atoms with E-state index in [1.54, 1.807) is 4.68 Å². The second kappa shape index (κ2) is 6.56. The highest BCUT2D eigenvalue weighted by atomic mass is 16.3. The van der Waals surface area contributed by atoms with Crippen LogP contribution in [0.1, 0.15) is 39.5 Å². The zero-order valence-corrected chi connectivity index (χ0v) is 9.76. The Morgan fingerprint density at radius 3 is 2.87 bits per heavy atom. The van der Waals surface area contributed by atoms with E-state index in [-0.39, 0.29) is 6.10 Å². The third kappa shape index (κ3) is 4.42. The molecule has 0 aliphatic carbocycles. The van der Waals surface area contributed by atoms with Gasteiger partial charge in [-0.1, -0.05) is 26.7 Å². The van der Waals surface area contributed by atoms with Crippen molar-refractivity contribution in [1.29, 1.82) is 0 Å². The highest BCUT2D eigenvalue weighted by Gasteiger charge is 2.09. The minimum atomic E-state index is -0.283. The van der Waals surface area contributed by atoms with Gasteiger partial charge in [0.05, 0.1) is 12.6 Å². The molecule has 0 unspecified atom stereocenters. The molecule has 1 N–H and O–H groups in total. The molecule has 4 heteroatoms. The number of rotatable bonds is 7. The van der Waals surface area contributed by atoms with E-state index in [1.165, 1.54) is 19.3 Å². The predicted octanol–water partition coefficient (Wildman–Crippen LogP) is 1.13. The van der Waals surface area contributed by atoms with E-state index in [4.69, 9.17) is 0 Å². The number of unbranched alkanes of at least 4 members (excludes halogenated alkanes) is 2. The average Bonchev–Trinajstić information content (AvgIpc) is 2.66. The summed E-state index contributed by atoms with van der Waals surface area (Å²) in [4.78, 5) is 0. The van der Waals surface area contributed by atoms with Gasteiger partial charge in [0.1, 0.15) is 6.54 Å². The number of nitrogens with zero attached hydrogens (tertiary/aromatic N) is 3. The molecule has 0 fully saturated rings. The first kappa shape index (κ1) is 12.2. The minimum absolute atomic E-state index is 0.283. The van der Waals surface area contributed by atoms with Crippen LogP contribution in [0, 0.1) is 0 Å². The monoisotopic (exact) mass is 212 g/mol. The average molecular weight is 212 g/mol. The van der Waals surface area contributed by atoms with E-state index < -0.39 is 0 Å².